The summed E-state index contributed by atoms with van der Waals surface area (Å²) in [5.41, 5.74) is -0.299. The lowest BCUT2D eigenvalue weighted by atomic mass is 9.53. The lowest BCUT2D eigenvalue weighted by Gasteiger charge is -2.57. The van der Waals surface area contributed by atoms with Gasteiger partial charge in [-0.25, -0.2) is 0 Å². The second-order valence-electron chi connectivity index (χ2n) is 7.86. The van der Waals surface area contributed by atoms with Crippen LogP contribution in [0.3, 0.4) is 0 Å². The highest BCUT2D eigenvalue weighted by atomic mass is 16.4. The first kappa shape index (κ1) is 17.1. The van der Waals surface area contributed by atoms with Crippen LogP contribution in [0, 0.1) is 17.8 Å². The maximum absolute atomic E-state index is 12.3. The van der Waals surface area contributed by atoms with Gasteiger partial charge >= 0.3 is 0 Å². The van der Waals surface area contributed by atoms with E-state index in [2.05, 4.69) is 5.32 Å². The van der Waals surface area contributed by atoms with Gasteiger partial charge in [0.05, 0.1) is 6.61 Å². The summed E-state index contributed by atoms with van der Waals surface area (Å²) in [4.78, 5) is 12.3. The predicted molar refractivity (Wildman–Crippen MR) is 80.2 cm³/mol. The van der Waals surface area contributed by atoms with E-state index < -0.39 is 36.9 Å². The molecule has 0 aromatic carbocycles. The molecule has 0 heterocycles. The summed E-state index contributed by atoms with van der Waals surface area (Å²) in [5, 5.41) is 50.5. The van der Waals surface area contributed by atoms with Crippen molar-refractivity contribution in [2.75, 3.05) is 6.61 Å². The Hall–Kier alpha value is -0.730. The van der Waals surface area contributed by atoms with Gasteiger partial charge < -0.3 is 30.8 Å². The van der Waals surface area contributed by atoms with Crippen molar-refractivity contribution in [2.24, 2.45) is 17.8 Å². The van der Waals surface area contributed by atoms with E-state index in [0.29, 0.717) is 17.8 Å². The van der Waals surface area contributed by atoms with E-state index >= 15 is 0 Å². The van der Waals surface area contributed by atoms with Crippen LogP contribution in [0.2, 0.25) is 0 Å². The Morgan fingerprint density at radius 3 is 1.87 bits per heavy atom. The largest absolute Gasteiger partial charge is 0.394 e. The Labute approximate surface area is 135 Å². The Morgan fingerprint density at radius 2 is 1.43 bits per heavy atom. The third-order valence-corrected chi connectivity index (χ3v) is 5.95. The van der Waals surface area contributed by atoms with Crippen molar-refractivity contribution in [1.82, 2.24) is 5.32 Å². The van der Waals surface area contributed by atoms with E-state index in [-0.39, 0.29) is 5.54 Å². The maximum Gasteiger partial charge on any atom is 0.252 e. The highest BCUT2D eigenvalue weighted by Gasteiger charge is 2.52. The zero-order valence-electron chi connectivity index (χ0n) is 13.1. The highest BCUT2D eigenvalue weighted by molar-refractivity contribution is 5.82. The molecule has 4 aliphatic carbocycles. The molecule has 0 unspecified atom stereocenters. The molecule has 4 saturated carbocycles. The highest BCUT2D eigenvalue weighted by Crippen LogP contribution is 2.55. The van der Waals surface area contributed by atoms with Gasteiger partial charge in [0.2, 0.25) is 0 Å². The fourth-order valence-electron chi connectivity index (χ4n) is 5.28. The van der Waals surface area contributed by atoms with Crippen LogP contribution in [0.1, 0.15) is 38.5 Å². The van der Waals surface area contributed by atoms with Crippen LogP contribution >= 0.6 is 0 Å². The molecule has 7 heteroatoms. The van der Waals surface area contributed by atoms with E-state index in [4.69, 9.17) is 5.11 Å². The van der Waals surface area contributed by atoms with Crippen LogP contribution in [0.4, 0.5) is 0 Å². The number of hydrogen-bond donors (Lipinski definition) is 6. The molecular weight excluding hydrogens is 302 g/mol. The topological polar surface area (TPSA) is 130 Å². The molecule has 0 spiro atoms. The summed E-state index contributed by atoms with van der Waals surface area (Å²) >= 11 is 0. The van der Waals surface area contributed by atoms with Gasteiger partial charge in [-0.15, -0.1) is 0 Å². The molecule has 0 aromatic rings. The SMILES string of the molecule is O=C(NC12CC3CC(CC(C3)C1)C2)[C@@H](O)[C@@H](O)[C@H](O)[C@H](O)CO. The first-order valence-electron chi connectivity index (χ1n) is 8.48. The Morgan fingerprint density at radius 1 is 0.957 bits per heavy atom. The molecule has 1 amide bonds. The molecule has 7 nitrogen and oxygen atoms in total. The summed E-state index contributed by atoms with van der Waals surface area (Å²) in [5.74, 6) is 1.17. The third kappa shape index (κ3) is 3.25. The van der Waals surface area contributed by atoms with Gasteiger partial charge in [0.15, 0.2) is 6.10 Å². The van der Waals surface area contributed by atoms with Gasteiger partial charge in [0.1, 0.15) is 18.3 Å². The van der Waals surface area contributed by atoms with Crippen molar-refractivity contribution in [1.29, 1.82) is 0 Å². The number of carbonyl (C=O) groups excluding carboxylic acids is 1. The molecule has 4 aliphatic rings. The number of rotatable bonds is 6. The van der Waals surface area contributed by atoms with Crippen LogP contribution < -0.4 is 5.32 Å². The molecule has 0 radical (unpaired) electrons. The summed E-state index contributed by atoms with van der Waals surface area (Å²) in [6.45, 7) is -0.762. The zero-order chi connectivity index (χ0) is 16.8. The molecule has 0 saturated heterocycles. The smallest absolute Gasteiger partial charge is 0.252 e. The molecule has 4 fully saturated rings. The Bertz CT molecular complexity index is 421. The number of aliphatic hydroxyl groups excluding tert-OH is 5. The normalized spacial score (nSPS) is 40.5. The molecule has 4 rings (SSSR count). The van der Waals surface area contributed by atoms with Gasteiger partial charge in [0.25, 0.3) is 5.91 Å². The average molecular weight is 329 g/mol. The van der Waals surface area contributed by atoms with Gasteiger partial charge in [-0.2, -0.15) is 0 Å². The van der Waals surface area contributed by atoms with Crippen LogP contribution in [0.25, 0.3) is 0 Å². The zero-order valence-corrected chi connectivity index (χ0v) is 13.1. The lowest BCUT2D eigenvalue weighted by molar-refractivity contribution is -0.153. The summed E-state index contributed by atoms with van der Waals surface area (Å²) in [6.07, 6.45) is -0.653. The minimum atomic E-state index is -1.84. The predicted octanol–water partition coefficient (Wildman–Crippen LogP) is -1.49. The molecule has 0 aliphatic heterocycles. The van der Waals surface area contributed by atoms with Crippen molar-refractivity contribution in [2.45, 2.75) is 68.5 Å². The molecule has 4 bridgehead atoms. The van der Waals surface area contributed by atoms with Crippen LogP contribution in [-0.2, 0) is 4.79 Å². The van der Waals surface area contributed by atoms with Crippen molar-refractivity contribution in [3.63, 3.8) is 0 Å². The third-order valence-electron chi connectivity index (χ3n) is 5.95. The molecular formula is C16H27NO6. The molecule has 132 valence electrons. The first-order chi connectivity index (χ1) is 10.8. The number of hydrogen-bond acceptors (Lipinski definition) is 6. The fraction of sp³-hybridized carbons (Fsp3) is 0.938. The quantitative estimate of drug-likeness (QED) is 0.352. The van der Waals surface area contributed by atoms with Crippen molar-refractivity contribution >= 4 is 5.91 Å². The Kier molecular flexibility index (Phi) is 4.68. The van der Waals surface area contributed by atoms with Gasteiger partial charge in [-0.3, -0.25) is 4.79 Å². The standard InChI is InChI=1S/C16H27NO6/c18-7-11(19)12(20)13(21)14(22)15(23)17-16-4-8-1-9(5-16)3-10(2-8)6-16/h8-14,18-22H,1-7H2,(H,17,23)/t8?,9?,10?,11-,12-,13+,14+,16?/m1/s1. The maximum atomic E-state index is 12.3. The fourth-order valence-corrected chi connectivity index (χ4v) is 5.28. The molecule has 6 N–H and O–H groups in total. The van der Waals surface area contributed by atoms with Crippen molar-refractivity contribution in [3.05, 3.63) is 0 Å². The van der Waals surface area contributed by atoms with Gasteiger partial charge in [-0.1, -0.05) is 0 Å². The van der Waals surface area contributed by atoms with E-state index in [1.807, 2.05) is 0 Å². The van der Waals surface area contributed by atoms with Gasteiger partial charge in [-0.05, 0) is 56.3 Å². The van der Waals surface area contributed by atoms with E-state index in [9.17, 15) is 25.2 Å². The van der Waals surface area contributed by atoms with Crippen molar-refractivity contribution < 1.29 is 30.3 Å². The molecule has 23 heavy (non-hydrogen) atoms. The first-order valence-corrected chi connectivity index (χ1v) is 8.48. The number of aliphatic hydroxyl groups is 5. The van der Waals surface area contributed by atoms with Crippen LogP contribution in [0.15, 0.2) is 0 Å². The van der Waals surface area contributed by atoms with Gasteiger partial charge in [0, 0.05) is 5.54 Å². The average Bonchev–Trinajstić information content (AvgIpc) is 2.50. The number of nitrogens with one attached hydrogen (secondary N) is 1. The van der Waals surface area contributed by atoms with Crippen molar-refractivity contribution in [3.8, 4) is 0 Å². The monoisotopic (exact) mass is 329 g/mol. The summed E-state index contributed by atoms with van der Waals surface area (Å²) < 4.78 is 0. The second-order valence-corrected chi connectivity index (χ2v) is 7.86. The lowest BCUT2D eigenvalue weighted by Crippen LogP contribution is -2.63. The minimum Gasteiger partial charge on any atom is -0.394 e. The molecule has 0 aromatic heterocycles. The number of amides is 1. The summed E-state index contributed by atoms with van der Waals surface area (Å²) in [6, 6.07) is 0. The second kappa shape index (κ2) is 6.29. The van der Waals surface area contributed by atoms with Crippen LogP contribution in [-0.4, -0.2) is 68.0 Å². The summed E-state index contributed by atoms with van der Waals surface area (Å²) in [7, 11) is 0. The molecule has 4 atom stereocenters. The van der Waals surface area contributed by atoms with E-state index in [1.54, 1.807) is 0 Å². The van der Waals surface area contributed by atoms with Crippen LogP contribution in [0.5, 0.6) is 0 Å². The minimum absolute atomic E-state index is 0.299. The number of carbonyl (C=O) groups is 1. The van der Waals surface area contributed by atoms with E-state index in [1.165, 1.54) is 19.3 Å². The van der Waals surface area contributed by atoms with E-state index in [0.717, 1.165) is 19.3 Å². The Balaban J connectivity index is 1.62.